The molecule has 2 rings (SSSR count). The third-order valence-electron chi connectivity index (χ3n) is 5.23. The molecule has 0 aromatic heterocycles. The third-order valence-corrected chi connectivity index (χ3v) is 5.23. The van der Waals surface area contributed by atoms with E-state index in [2.05, 4.69) is 32.0 Å². The highest BCUT2D eigenvalue weighted by molar-refractivity contribution is 5.32. The van der Waals surface area contributed by atoms with E-state index in [1.807, 2.05) is 0 Å². The predicted octanol–water partition coefficient (Wildman–Crippen LogP) is 4.07. The Morgan fingerprint density at radius 1 is 1.10 bits per heavy atom. The number of benzene rings is 1. The molecule has 1 aliphatic rings. The van der Waals surface area contributed by atoms with Gasteiger partial charge in [-0.15, -0.1) is 0 Å². The first-order chi connectivity index (χ1) is 10.1. The molecule has 0 saturated heterocycles. The van der Waals surface area contributed by atoms with Gasteiger partial charge < -0.3 is 10.8 Å². The van der Waals surface area contributed by atoms with Crippen LogP contribution in [0.25, 0.3) is 0 Å². The number of aliphatic hydroxyl groups excluding tert-OH is 1. The minimum absolute atomic E-state index is 0.0764. The Hall–Kier alpha value is -0.860. The van der Waals surface area contributed by atoms with E-state index in [9.17, 15) is 5.11 Å². The van der Waals surface area contributed by atoms with E-state index < -0.39 is 0 Å². The lowest BCUT2D eigenvalue weighted by Crippen LogP contribution is -2.28. The van der Waals surface area contributed by atoms with Crippen LogP contribution in [0.2, 0.25) is 0 Å². The average molecular weight is 289 g/mol. The number of hydrogen-bond acceptors (Lipinski definition) is 2. The first-order valence-electron chi connectivity index (χ1n) is 8.57. The number of rotatable bonds is 5. The second-order valence-electron chi connectivity index (χ2n) is 6.85. The van der Waals surface area contributed by atoms with Crippen molar-refractivity contribution in [2.45, 2.75) is 70.8 Å². The molecule has 0 spiro atoms. The molecule has 1 saturated carbocycles. The predicted molar refractivity (Wildman–Crippen MR) is 89.5 cm³/mol. The van der Waals surface area contributed by atoms with Crippen LogP contribution in [0.1, 0.15) is 67.6 Å². The second-order valence-corrected chi connectivity index (χ2v) is 6.85. The van der Waals surface area contributed by atoms with Crippen molar-refractivity contribution in [1.82, 2.24) is 0 Å². The fraction of sp³-hybridized carbons (Fsp3) is 0.684. The Morgan fingerprint density at radius 2 is 1.76 bits per heavy atom. The average Bonchev–Trinajstić information content (AvgIpc) is 2.72. The first kappa shape index (κ1) is 16.5. The Bertz CT molecular complexity index is 435. The summed E-state index contributed by atoms with van der Waals surface area (Å²) >= 11 is 0. The Morgan fingerprint density at radius 3 is 2.33 bits per heavy atom. The highest BCUT2D eigenvalue weighted by atomic mass is 16.3. The zero-order valence-electron chi connectivity index (χ0n) is 13.6. The molecule has 2 heteroatoms. The minimum atomic E-state index is -0.305. The van der Waals surface area contributed by atoms with Crippen LogP contribution in [-0.2, 0) is 0 Å². The summed E-state index contributed by atoms with van der Waals surface area (Å²) in [6.45, 7) is 4.78. The van der Waals surface area contributed by atoms with Gasteiger partial charge in [0.2, 0.25) is 0 Å². The Balaban J connectivity index is 2.03. The first-order valence-corrected chi connectivity index (χ1v) is 8.57. The molecule has 1 fully saturated rings. The van der Waals surface area contributed by atoms with Crippen molar-refractivity contribution in [2.24, 2.45) is 11.7 Å². The van der Waals surface area contributed by atoms with Crippen LogP contribution >= 0.6 is 0 Å². The lowest BCUT2D eigenvalue weighted by atomic mass is 9.84. The summed E-state index contributed by atoms with van der Waals surface area (Å²) in [5, 5.41) is 10.7. The Kier molecular flexibility index (Phi) is 6.25. The quantitative estimate of drug-likeness (QED) is 0.803. The molecule has 0 heterocycles. The van der Waals surface area contributed by atoms with Crippen LogP contribution < -0.4 is 5.73 Å². The van der Waals surface area contributed by atoms with E-state index in [1.54, 1.807) is 0 Å². The van der Waals surface area contributed by atoms with E-state index in [0.717, 1.165) is 6.42 Å². The van der Waals surface area contributed by atoms with Crippen molar-refractivity contribution in [1.29, 1.82) is 0 Å². The van der Waals surface area contributed by atoms with Gasteiger partial charge >= 0.3 is 0 Å². The normalized spacial score (nSPS) is 20.0. The van der Waals surface area contributed by atoms with Gasteiger partial charge in [0.25, 0.3) is 0 Å². The molecular formula is C19H31NO. The zero-order chi connectivity index (χ0) is 15.2. The highest BCUT2D eigenvalue weighted by Crippen LogP contribution is 2.31. The molecule has 0 amide bonds. The van der Waals surface area contributed by atoms with Gasteiger partial charge in [0, 0.05) is 12.5 Å². The summed E-state index contributed by atoms with van der Waals surface area (Å²) < 4.78 is 0. The molecule has 3 N–H and O–H groups in total. The summed E-state index contributed by atoms with van der Waals surface area (Å²) in [5.41, 5.74) is 9.75. The lowest BCUT2D eigenvalue weighted by Gasteiger charge is -2.26. The molecule has 2 unspecified atom stereocenters. The SMILES string of the molecule is Cc1ccc(C(CN)C(O)CC2CCCCCC2)cc1C. The van der Waals surface area contributed by atoms with Crippen LogP contribution in [0.4, 0.5) is 0 Å². The minimum Gasteiger partial charge on any atom is -0.392 e. The molecule has 1 aliphatic carbocycles. The van der Waals surface area contributed by atoms with Crippen molar-refractivity contribution >= 4 is 0 Å². The van der Waals surface area contributed by atoms with Crippen molar-refractivity contribution in [3.05, 3.63) is 34.9 Å². The lowest BCUT2D eigenvalue weighted by molar-refractivity contribution is 0.112. The van der Waals surface area contributed by atoms with Gasteiger partial charge in [0.1, 0.15) is 0 Å². The summed E-state index contributed by atoms with van der Waals surface area (Å²) in [4.78, 5) is 0. The smallest absolute Gasteiger partial charge is 0.0623 e. The topological polar surface area (TPSA) is 46.2 Å². The van der Waals surface area contributed by atoms with E-state index in [-0.39, 0.29) is 12.0 Å². The molecule has 0 aliphatic heterocycles. The Labute approximate surface area is 129 Å². The van der Waals surface area contributed by atoms with Gasteiger partial charge in [-0.2, -0.15) is 0 Å². The van der Waals surface area contributed by atoms with Crippen molar-refractivity contribution < 1.29 is 5.11 Å². The van der Waals surface area contributed by atoms with Crippen LogP contribution in [0.3, 0.4) is 0 Å². The fourth-order valence-electron chi connectivity index (χ4n) is 3.62. The van der Waals surface area contributed by atoms with Gasteiger partial charge in [0.15, 0.2) is 0 Å². The molecule has 118 valence electrons. The number of nitrogens with two attached hydrogens (primary N) is 1. The molecule has 21 heavy (non-hydrogen) atoms. The van der Waals surface area contributed by atoms with Gasteiger partial charge in [0.05, 0.1) is 6.10 Å². The molecular weight excluding hydrogens is 258 g/mol. The number of aryl methyl sites for hydroxylation is 2. The largest absolute Gasteiger partial charge is 0.392 e. The molecule has 2 nitrogen and oxygen atoms in total. The third kappa shape index (κ3) is 4.55. The van der Waals surface area contributed by atoms with E-state index in [4.69, 9.17) is 5.73 Å². The van der Waals surface area contributed by atoms with Crippen LogP contribution in [0.5, 0.6) is 0 Å². The van der Waals surface area contributed by atoms with Gasteiger partial charge in [-0.1, -0.05) is 56.7 Å². The summed E-state index contributed by atoms with van der Waals surface area (Å²) in [6, 6.07) is 6.48. The highest BCUT2D eigenvalue weighted by Gasteiger charge is 2.24. The van der Waals surface area contributed by atoms with Crippen LogP contribution in [0.15, 0.2) is 18.2 Å². The second kappa shape index (κ2) is 7.95. The standard InChI is InChI=1S/C19H31NO/c1-14-9-10-17(11-15(14)2)18(13-20)19(21)12-16-7-5-3-4-6-8-16/h9-11,16,18-19,21H,3-8,12-13,20H2,1-2H3. The molecule has 0 radical (unpaired) electrons. The van der Waals surface area contributed by atoms with Gasteiger partial charge in [-0.25, -0.2) is 0 Å². The number of aliphatic hydroxyl groups is 1. The van der Waals surface area contributed by atoms with E-state index >= 15 is 0 Å². The van der Waals surface area contributed by atoms with Crippen LogP contribution in [0, 0.1) is 19.8 Å². The molecule has 2 atom stereocenters. The van der Waals surface area contributed by atoms with Crippen LogP contribution in [-0.4, -0.2) is 17.8 Å². The fourth-order valence-corrected chi connectivity index (χ4v) is 3.62. The van der Waals surface area contributed by atoms with Gasteiger partial charge in [-0.3, -0.25) is 0 Å². The maximum atomic E-state index is 10.7. The maximum Gasteiger partial charge on any atom is 0.0623 e. The van der Waals surface area contributed by atoms with Crippen molar-refractivity contribution in [3.63, 3.8) is 0 Å². The number of hydrogen-bond donors (Lipinski definition) is 2. The van der Waals surface area contributed by atoms with Crippen molar-refractivity contribution in [3.8, 4) is 0 Å². The summed E-state index contributed by atoms with van der Waals surface area (Å²) in [6.07, 6.45) is 8.55. The van der Waals surface area contributed by atoms with E-state index in [1.165, 1.54) is 55.2 Å². The maximum absolute atomic E-state index is 10.7. The molecule has 1 aromatic rings. The molecule has 1 aromatic carbocycles. The monoisotopic (exact) mass is 289 g/mol. The van der Waals surface area contributed by atoms with Gasteiger partial charge in [-0.05, 0) is 42.9 Å². The van der Waals surface area contributed by atoms with E-state index in [0.29, 0.717) is 12.5 Å². The summed E-state index contributed by atoms with van der Waals surface area (Å²) in [7, 11) is 0. The summed E-state index contributed by atoms with van der Waals surface area (Å²) in [5.74, 6) is 0.760. The van der Waals surface area contributed by atoms with Crippen molar-refractivity contribution in [2.75, 3.05) is 6.54 Å². The molecule has 0 bridgehead atoms. The zero-order valence-corrected chi connectivity index (χ0v) is 13.6.